The molecule has 328 valence electrons. The Morgan fingerprint density at radius 3 is 1.12 bits per heavy atom. The van der Waals surface area contributed by atoms with Crippen molar-refractivity contribution in [3.05, 3.63) is 213 Å². The molecule has 0 unspecified atom stereocenters. The van der Waals surface area contributed by atoms with E-state index in [9.17, 15) is 0 Å². The summed E-state index contributed by atoms with van der Waals surface area (Å²) in [6.45, 7) is 25.9. The van der Waals surface area contributed by atoms with Gasteiger partial charge in [-0.2, -0.15) is 0 Å². The van der Waals surface area contributed by atoms with E-state index in [2.05, 4.69) is 276 Å². The first-order valence-electron chi connectivity index (χ1n) is 22.5. The molecule has 0 aliphatic carbocycles. The maximum atomic E-state index is 2.25. The first-order chi connectivity index (χ1) is 30.4. The van der Waals surface area contributed by atoms with Crippen molar-refractivity contribution < 1.29 is 18.3 Å². The average molecular weight is 849 g/mol. The number of aryl methyl sites for hydroxylation is 15. The highest BCUT2D eigenvalue weighted by Gasteiger charge is 2.18. The van der Waals surface area contributed by atoms with Crippen LogP contribution in [0.4, 0.5) is 0 Å². The summed E-state index contributed by atoms with van der Waals surface area (Å²) in [6.07, 6.45) is 8.49. The molecule has 64 heavy (non-hydrogen) atoms. The smallest absolute Gasteiger partial charge is 0.201 e. The van der Waals surface area contributed by atoms with Gasteiger partial charge in [-0.3, -0.25) is 0 Å². The Bertz CT molecular complexity index is 2710. The van der Waals surface area contributed by atoms with Crippen LogP contribution in [0, 0.1) is 83.1 Å². The Morgan fingerprint density at radius 2 is 0.656 bits per heavy atom. The number of aromatic nitrogens is 4. The predicted molar refractivity (Wildman–Crippen MR) is 269 cm³/mol. The molecule has 8 rings (SSSR count). The van der Waals surface area contributed by atoms with Crippen molar-refractivity contribution in [2.75, 3.05) is 0 Å². The molecular formula is C60H72N4+4. The largest absolute Gasteiger partial charge is 0.215 e. The summed E-state index contributed by atoms with van der Waals surface area (Å²) in [5.74, 6) is 0. The topological polar surface area (TPSA) is 15.5 Å². The average Bonchev–Trinajstić information content (AvgIpc) is 3.25. The Morgan fingerprint density at radius 1 is 0.281 bits per heavy atom. The summed E-state index contributed by atoms with van der Waals surface area (Å²) in [6, 6.07) is 43.4. The normalized spacial score (nSPS) is 10.5. The lowest BCUT2D eigenvalue weighted by atomic mass is 9.98. The summed E-state index contributed by atoms with van der Waals surface area (Å²) in [5, 5.41) is 0. The van der Waals surface area contributed by atoms with Crippen molar-refractivity contribution in [1.29, 1.82) is 0 Å². The van der Waals surface area contributed by atoms with Crippen LogP contribution in [0.15, 0.2) is 146 Å². The minimum absolute atomic E-state index is 1.28. The molecule has 4 heterocycles. The molecule has 0 fully saturated rings. The Hall–Kier alpha value is -6.52. The van der Waals surface area contributed by atoms with Crippen molar-refractivity contribution >= 4 is 0 Å². The second-order valence-corrected chi connectivity index (χ2v) is 17.9. The van der Waals surface area contributed by atoms with Crippen LogP contribution in [-0.2, 0) is 28.2 Å². The zero-order valence-electron chi connectivity index (χ0n) is 41.6. The van der Waals surface area contributed by atoms with E-state index in [0.29, 0.717) is 0 Å². The number of hydrogen-bond acceptors (Lipinski definition) is 0. The van der Waals surface area contributed by atoms with E-state index in [1.807, 2.05) is 0 Å². The molecule has 0 amide bonds. The van der Waals surface area contributed by atoms with E-state index in [1.54, 1.807) is 0 Å². The maximum absolute atomic E-state index is 2.25. The molecule has 0 N–H and O–H groups in total. The van der Waals surface area contributed by atoms with Crippen LogP contribution in [0.3, 0.4) is 0 Å². The highest BCUT2D eigenvalue weighted by atomic mass is 14.9. The number of benzene rings is 4. The van der Waals surface area contributed by atoms with Crippen LogP contribution >= 0.6 is 0 Å². The van der Waals surface area contributed by atoms with E-state index in [4.69, 9.17) is 0 Å². The van der Waals surface area contributed by atoms with Crippen LogP contribution < -0.4 is 18.3 Å². The van der Waals surface area contributed by atoms with Crippen molar-refractivity contribution in [1.82, 2.24) is 0 Å². The van der Waals surface area contributed by atoms with Gasteiger partial charge in [0.2, 0.25) is 22.8 Å². The lowest BCUT2D eigenvalue weighted by Gasteiger charge is -2.08. The van der Waals surface area contributed by atoms with Gasteiger partial charge < -0.3 is 0 Å². The first-order valence-corrected chi connectivity index (χ1v) is 22.5. The number of hydrogen-bond donors (Lipinski definition) is 0. The van der Waals surface area contributed by atoms with E-state index < -0.39 is 0 Å². The molecular weight excluding hydrogens is 777 g/mol. The van der Waals surface area contributed by atoms with E-state index in [0.717, 1.165) is 0 Å². The lowest BCUT2D eigenvalue weighted by molar-refractivity contribution is -0.660. The van der Waals surface area contributed by atoms with Gasteiger partial charge in [0.25, 0.3) is 0 Å². The van der Waals surface area contributed by atoms with Crippen molar-refractivity contribution in [3.8, 4) is 45.0 Å². The van der Waals surface area contributed by atoms with Gasteiger partial charge in [0.1, 0.15) is 28.2 Å². The van der Waals surface area contributed by atoms with Crippen molar-refractivity contribution in [2.24, 2.45) is 28.2 Å². The molecule has 0 spiro atoms. The quantitative estimate of drug-likeness (QED) is 0.157. The molecule has 0 bridgehead atoms. The summed E-state index contributed by atoms with van der Waals surface area (Å²) in [5.41, 5.74) is 26.4. The van der Waals surface area contributed by atoms with Crippen LogP contribution in [0.5, 0.6) is 0 Å². The summed E-state index contributed by atoms with van der Waals surface area (Å²) >= 11 is 0. The molecule has 4 nitrogen and oxygen atoms in total. The molecule has 0 radical (unpaired) electrons. The molecule has 0 aliphatic heterocycles. The third-order valence-electron chi connectivity index (χ3n) is 12.3. The fourth-order valence-electron chi connectivity index (χ4n) is 8.34. The third kappa shape index (κ3) is 11.9. The molecule has 0 aliphatic rings. The van der Waals surface area contributed by atoms with Crippen molar-refractivity contribution in [3.63, 3.8) is 0 Å². The molecule has 4 aromatic heterocycles. The fourth-order valence-corrected chi connectivity index (χ4v) is 8.34. The molecule has 4 heteroatoms. The van der Waals surface area contributed by atoms with Crippen LogP contribution in [0.1, 0.15) is 66.8 Å². The highest BCUT2D eigenvalue weighted by Crippen LogP contribution is 2.27. The Kier molecular flexibility index (Phi) is 16.5. The van der Waals surface area contributed by atoms with E-state index in [-0.39, 0.29) is 0 Å². The minimum Gasteiger partial charge on any atom is -0.201 e. The standard InChI is InChI=1S/4C15H18N/c1-11-5-6-13(3)14(9-11)15-10-12(2)7-8-16(15)4;2*1-11-8-9-16(4)14(10-11)15-12(2)6-5-7-13(15)3;1-11-9-10-16(4)15(13(11)3)14-8-6-5-7-12(14)2/h4*5-10H,1-4H3/q4*+1. The molecule has 0 saturated heterocycles. The van der Waals surface area contributed by atoms with Gasteiger partial charge in [-0.25, -0.2) is 18.3 Å². The Labute approximate surface area is 385 Å². The SMILES string of the molecule is Cc1cc[n+](C)c(-c2c(C)cccc2C)c1.Cc1cc[n+](C)c(-c2c(C)cccc2C)c1.Cc1ccc(C)c(-c2cc(C)cc[n+]2C)c1.Cc1ccccc1-c1c(C)c(C)cc[n+]1C. The number of pyridine rings is 4. The summed E-state index contributed by atoms with van der Waals surface area (Å²) in [4.78, 5) is 0. The first kappa shape index (κ1) is 48.5. The number of rotatable bonds is 4. The highest BCUT2D eigenvalue weighted by molar-refractivity contribution is 5.67. The summed E-state index contributed by atoms with van der Waals surface area (Å²) < 4.78 is 8.74. The zero-order valence-corrected chi connectivity index (χ0v) is 41.6. The third-order valence-corrected chi connectivity index (χ3v) is 12.3. The van der Waals surface area contributed by atoms with E-state index in [1.165, 1.54) is 112 Å². The predicted octanol–water partition coefficient (Wildman–Crippen LogP) is 12.4. The monoisotopic (exact) mass is 849 g/mol. The van der Waals surface area contributed by atoms with E-state index >= 15 is 0 Å². The molecule has 0 atom stereocenters. The molecule has 4 aromatic carbocycles. The molecule has 0 saturated carbocycles. The van der Waals surface area contributed by atoms with Crippen LogP contribution in [0.2, 0.25) is 0 Å². The van der Waals surface area contributed by atoms with Gasteiger partial charge in [-0.05, 0) is 151 Å². The fraction of sp³-hybridized carbons (Fsp3) is 0.267. The minimum atomic E-state index is 1.28. The van der Waals surface area contributed by atoms with Gasteiger partial charge in [0, 0.05) is 59.2 Å². The van der Waals surface area contributed by atoms with Gasteiger partial charge >= 0.3 is 0 Å². The maximum Gasteiger partial charge on any atom is 0.215 e. The summed E-state index contributed by atoms with van der Waals surface area (Å²) in [7, 11) is 8.39. The van der Waals surface area contributed by atoms with Crippen LogP contribution in [0.25, 0.3) is 45.0 Å². The second kappa shape index (κ2) is 21.7. The number of nitrogens with zero attached hydrogens (tertiary/aromatic N) is 4. The molecule has 8 aromatic rings. The second-order valence-electron chi connectivity index (χ2n) is 17.9. The van der Waals surface area contributed by atoms with Crippen LogP contribution in [-0.4, -0.2) is 0 Å². The van der Waals surface area contributed by atoms with Crippen molar-refractivity contribution in [2.45, 2.75) is 83.1 Å². The van der Waals surface area contributed by atoms with Gasteiger partial charge in [-0.1, -0.05) is 72.3 Å². The zero-order chi connectivity index (χ0) is 46.8. The van der Waals surface area contributed by atoms with Gasteiger partial charge in [0.05, 0.1) is 11.1 Å². The van der Waals surface area contributed by atoms with Gasteiger partial charge in [-0.15, -0.1) is 0 Å². The van der Waals surface area contributed by atoms with Gasteiger partial charge in [0.15, 0.2) is 24.8 Å². The Balaban J connectivity index is 0.000000161. The lowest BCUT2D eigenvalue weighted by Crippen LogP contribution is -2.31.